The van der Waals surface area contributed by atoms with Crippen LogP contribution in [0.1, 0.15) is 35.0 Å². The third-order valence-electron chi connectivity index (χ3n) is 5.90. The van der Waals surface area contributed by atoms with Crippen LogP contribution >= 0.6 is 11.6 Å². The molecule has 140 valence electrons. The second kappa shape index (κ2) is 6.05. The lowest BCUT2D eigenvalue weighted by molar-refractivity contribution is 0.0756. The predicted molar refractivity (Wildman–Crippen MR) is 102 cm³/mol. The molecule has 3 aliphatic rings. The lowest BCUT2D eigenvalue weighted by Crippen LogP contribution is -2.64. The molecule has 5 heterocycles. The standard InChI is InChI=1S/C19H21ClN6O/c1-11-7-12(2)22-17-14(11)10-26-15(17)4-6-25(19(26)27)13-8-24(9-13)16-3-5-21-18(20)23-16/h3,5,7,13,15H,4,6,8-10H2,1-2H3. The predicted octanol–water partition coefficient (Wildman–Crippen LogP) is 2.71. The normalized spacial score (nSPS) is 22.0. The van der Waals surface area contributed by atoms with E-state index in [4.69, 9.17) is 16.6 Å². The lowest BCUT2D eigenvalue weighted by Gasteiger charge is -2.49. The SMILES string of the molecule is Cc1cc(C)c2c(n1)C1CCN(C3CN(c4ccnc(Cl)n4)C3)C(=O)N1C2. The number of amides is 2. The Hall–Kier alpha value is -2.41. The topological polar surface area (TPSA) is 65.5 Å². The third-order valence-corrected chi connectivity index (χ3v) is 6.08. The van der Waals surface area contributed by atoms with Gasteiger partial charge in [-0.05, 0) is 55.1 Å². The van der Waals surface area contributed by atoms with Gasteiger partial charge < -0.3 is 14.7 Å². The highest BCUT2D eigenvalue weighted by Crippen LogP contribution is 2.41. The zero-order chi connectivity index (χ0) is 18.7. The molecule has 5 rings (SSSR count). The highest BCUT2D eigenvalue weighted by molar-refractivity contribution is 6.28. The van der Waals surface area contributed by atoms with Gasteiger partial charge >= 0.3 is 6.03 Å². The first-order valence-corrected chi connectivity index (χ1v) is 9.67. The Kier molecular flexibility index (Phi) is 3.75. The van der Waals surface area contributed by atoms with Gasteiger partial charge in [0.1, 0.15) is 5.82 Å². The van der Waals surface area contributed by atoms with E-state index in [1.165, 1.54) is 11.1 Å². The van der Waals surface area contributed by atoms with Crippen LogP contribution in [0.15, 0.2) is 18.3 Å². The number of carbonyl (C=O) groups is 1. The summed E-state index contributed by atoms with van der Waals surface area (Å²) >= 11 is 5.88. The van der Waals surface area contributed by atoms with E-state index in [2.05, 4.69) is 27.9 Å². The van der Waals surface area contributed by atoms with Crippen molar-refractivity contribution < 1.29 is 4.79 Å². The Morgan fingerprint density at radius 1 is 1.19 bits per heavy atom. The van der Waals surface area contributed by atoms with Crippen molar-refractivity contribution in [1.29, 1.82) is 0 Å². The summed E-state index contributed by atoms with van der Waals surface area (Å²) in [5.41, 5.74) is 4.60. The summed E-state index contributed by atoms with van der Waals surface area (Å²) in [6.45, 7) is 7.14. The molecule has 0 bridgehead atoms. The molecule has 2 aromatic rings. The maximum absolute atomic E-state index is 13.2. The molecule has 8 heteroatoms. The molecular formula is C19H21ClN6O. The van der Waals surface area contributed by atoms with Crippen LogP contribution in [-0.4, -0.2) is 56.5 Å². The first-order valence-electron chi connectivity index (χ1n) is 9.29. The summed E-state index contributed by atoms with van der Waals surface area (Å²) in [4.78, 5) is 32.2. The Morgan fingerprint density at radius 2 is 2.00 bits per heavy atom. The van der Waals surface area contributed by atoms with Gasteiger partial charge in [-0.1, -0.05) is 0 Å². The average Bonchev–Trinajstić information content (AvgIpc) is 2.95. The number of hydrogen-bond acceptors (Lipinski definition) is 5. The van der Waals surface area contributed by atoms with Gasteiger partial charge in [0.15, 0.2) is 0 Å². The van der Waals surface area contributed by atoms with E-state index in [-0.39, 0.29) is 23.4 Å². The molecule has 2 fully saturated rings. The van der Waals surface area contributed by atoms with E-state index in [9.17, 15) is 4.79 Å². The molecule has 7 nitrogen and oxygen atoms in total. The van der Waals surface area contributed by atoms with Crippen molar-refractivity contribution in [1.82, 2.24) is 24.8 Å². The molecule has 0 aromatic carbocycles. The number of halogens is 1. The molecular weight excluding hydrogens is 364 g/mol. The van der Waals surface area contributed by atoms with Crippen LogP contribution in [0.5, 0.6) is 0 Å². The molecule has 2 saturated heterocycles. The number of urea groups is 1. The van der Waals surface area contributed by atoms with Crippen LogP contribution in [0.2, 0.25) is 5.28 Å². The zero-order valence-corrected chi connectivity index (χ0v) is 16.1. The Morgan fingerprint density at radius 3 is 2.78 bits per heavy atom. The zero-order valence-electron chi connectivity index (χ0n) is 15.4. The fraction of sp³-hybridized carbons (Fsp3) is 0.474. The minimum Gasteiger partial charge on any atom is -0.352 e. The summed E-state index contributed by atoms with van der Waals surface area (Å²) in [5, 5.41) is 0.251. The second-order valence-corrected chi connectivity index (χ2v) is 7.93. The van der Waals surface area contributed by atoms with Crippen molar-refractivity contribution in [3.05, 3.63) is 46.1 Å². The molecule has 0 saturated carbocycles. The van der Waals surface area contributed by atoms with Gasteiger partial charge in [-0.2, -0.15) is 0 Å². The molecule has 0 aliphatic carbocycles. The number of carbonyl (C=O) groups excluding carboxylic acids is 1. The maximum atomic E-state index is 13.2. The smallest absolute Gasteiger partial charge is 0.321 e. The second-order valence-electron chi connectivity index (χ2n) is 7.60. The van der Waals surface area contributed by atoms with Gasteiger partial charge in [0.2, 0.25) is 5.28 Å². The van der Waals surface area contributed by atoms with Crippen molar-refractivity contribution in [2.24, 2.45) is 0 Å². The fourth-order valence-electron chi connectivity index (χ4n) is 4.50. The van der Waals surface area contributed by atoms with Gasteiger partial charge in [-0.15, -0.1) is 0 Å². The van der Waals surface area contributed by atoms with Crippen molar-refractivity contribution in [2.45, 2.75) is 38.9 Å². The summed E-state index contributed by atoms with van der Waals surface area (Å²) in [6.07, 6.45) is 2.60. The highest BCUT2D eigenvalue weighted by atomic mass is 35.5. The van der Waals surface area contributed by atoms with E-state index in [1.807, 2.05) is 22.8 Å². The maximum Gasteiger partial charge on any atom is 0.321 e. The minimum atomic E-state index is 0.124. The van der Waals surface area contributed by atoms with Crippen LogP contribution in [-0.2, 0) is 6.54 Å². The van der Waals surface area contributed by atoms with Gasteiger partial charge in [-0.25, -0.2) is 14.8 Å². The van der Waals surface area contributed by atoms with Crippen molar-refractivity contribution in [3.63, 3.8) is 0 Å². The number of nitrogens with zero attached hydrogens (tertiary/aromatic N) is 6. The fourth-order valence-corrected chi connectivity index (χ4v) is 4.64. The van der Waals surface area contributed by atoms with Crippen LogP contribution in [0.4, 0.5) is 10.6 Å². The molecule has 0 N–H and O–H groups in total. The van der Waals surface area contributed by atoms with Crippen LogP contribution in [0.25, 0.3) is 0 Å². The van der Waals surface area contributed by atoms with E-state index in [0.29, 0.717) is 6.54 Å². The summed E-state index contributed by atoms with van der Waals surface area (Å²) < 4.78 is 0. The van der Waals surface area contributed by atoms with Gasteiger partial charge in [0.25, 0.3) is 0 Å². The molecule has 0 spiro atoms. The Balaban J connectivity index is 1.30. The minimum absolute atomic E-state index is 0.124. The molecule has 2 aromatic heterocycles. The summed E-state index contributed by atoms with van der Waals surface area (Å²) in [5.74, 6) is 0.817. The first-order chi connectivity index (χ1) is 13.0. The highest BCUT2D eigenvalue weighted by Gasteiger charge is 2.45. The largest absolute Gasteiger partial charge is 0.352 e. The van der Waals surface area contributed by atoms with Crippen LogP contribution < -0.4 is 4.90 Å². The van der Waals surface area contributed by atoms with E-state index in [1.54, 1.807) is 6.20 Å². The number of rotatable bonds is 2. The monoisotopic (exact) mass is 384 g/mol. The molecule has 1 unspecified atom stereocenters. The number of pyridine rings is 1. The van der Waals surface area contributed by atoms with Crippen LogP contribution in [0.3, 0.4) is 0 Å². The summed E-state index contributed by atoms with van der Waals surface area (Å²) in [6, 6.07) is 4.43. The third kappa shape index (κ3) is 2.64. The number of aryl methyl sites for hydroxylation is 2. The first kappa shape index (κ1) is 16.7. The van der Waals surface area contributed by atoms with Gasteiger partial charge in [-0.3, -0.25) is 4.98 Å². The van der Waals surface area contributed by atoms with Gasteiger partial charge in [0, 0.05) is 31.5 Å². The van der Waals surface area contributed by atoms with Crippen molar-refractivity contribution >= 4 is 23.4 Å². The number of aromatic nitrogens is 3. The summed E-state index contributed by atoms with van der Waals surface area (Å²) in [7, 11) is 0. The number of hydrogen-bond donors (Lipinski definition) is 0. The van der Waals surface area contributed by atoms with Gasteiger partial charge in [0.05, 0.1) is 24.3 Å². The molecule has 1 atom stereocenters. The van der Waals surface area contributed by atoms with E-state index in [0.717, 1.165) is 43.3 Å². The number of fused-ring (bicyclic) bond motifs is 3. The molecule has 2 amide bonds. The Bertz CT molecular complexity index is 928. The van der Waals surface area contributed by atoms with E-state index < -0.39 is 0 Å². The van der Waals surface area contributed by atoms with Crippen molar-refractivity contribution in [3.8, 4) is 0 Å². The quantitative estimate of drug-likeness (QED) is 0.745. The Labute approximate surface area is 163 Å². The molecule has 3 aliphatic heterocycles. The molecule has 0 radical (unpaired) electrons. The molecule has 27 heavy (non-hydrogen) atoms. The van der Waals surface area contributed by atoms with E-state index >= 15 is 0 Å². The van der Waals surface area contributed by atoms with Crippen molar-refractivity contribution in [2.75, 3.05) is 24.5 Å². The van der Waals surface area contributed by atoms with Crippen LogP contribution in [0, 0.1) is 13.8 Å². The lowest BCUT2D eigenvalue weighted by atomic mass is 10.0. The number of anilines is 1. The average molecular weight is 385 g/mol.